The fourth-order valence-electron chi connectivity index (χ4n) is 0.583. The molecule has 1 aromatic carbocycles. The molecule has 0 aliphatic heterocycles. The molecule has 2 radical (unpaired) electrons. The van der Waals surface area contributed by atoms with Crippen molar-refractivity contribution in [1.29, 1.82) is 0 Å². The summed E-state index contributed by atoms with van der Waals surface area (Å²) in [6.07, 6.45) is 0. The molecule has 0 saturated carbocycles. The van der Waals surface area contributed by atoms with Crippen LogP contribution in [0, 0.1) is 0 Å². The summed E-state index contributed by atoms with van der Waals surface area (Å²) in [4.78, 5) is 0. The van der Waals surface area contributed by atoms with E-state index in [4.69, 9.17) is 5.11 Å². The van der Waals surface area contributed by atoms with Crippen molar-refractivity contribution in [3.8, 4) is 0 Å². The van der Waals surface area contributed by atoms with Crippen molar-refractivity contribution >= 4 is 27.3 Å². The van der Waals surface area contributed by atoms with Crippen molar-refractivity contribution in [2.45, 2.75) is 6.61 Å². The van der Waals surface area contributed by atoms with Gasteiger partial charge in [-0.3, -0.25) is 0 Å². The second-order valence-corrected chi connectivity index (χ2v) is 1.64. The predicted octanol–water partition coefficient (Wildman–Crippen LogP) is 0.263. The molecule has 0 aromatic heterocycles. The van der Waals surface area contributed by atoms with Crippen LogP contribution in [0.1, 0.15) is 5.56 Å². The summed E-state index contributed by atoms with van der Waals surface area (Å²) in [5.41, 5.74) is 0.965. The molecule has 0 amide bonds. The van der Waals surface area contributed by atoms with E-state index in [0.29, 0.717) is 0 Å². The zero-order chi connectivity index (χ0) is 5.82. The maximum absolute atomic E-state index is 8.54. The van der Waals surface area contributed by atoms with Gasteiger partial charge in [-0.05, 0) is 5.56 Å². The third-order valence-electron chi connectivity index (χ3n) is 1.03. The van der Waals surface area contributed by atoms with Crippen LogP contribution in [0.15, 0.2) is 30.3 Å². The summed E-state index contributed by atoms with van der Waals surface area (Å²) in [6.45, 7) is 0.140. The van der Waals surface area contributed by atoms with Gasteiger partial charge in [0.2, 0.25) is 0 Å². The first-order chi connectivity index (χ1) is 3.93. The zero-order valence-electron chi connectivity index (χ0n) is 5.25. The molecule has 9 heavy (non-hydrogen) atoms. The average Bonchev–Trinajstić information content (AvgIpc) is 1.90. The molecule has 1 rings (SSSR count). The molecule has 0 atom stereocenters. The van der Waals surface area contributed by atoms with Gasteiger partial charge in [0.15, 0.2) is 0 Å². The van der Waals surface area contributed by atoms with Gasteiger partial charge in [0.05, 0.1) is 6.61 Å². The molecule has 0 bridgehead atoms. The Morgan fingerprint density at radius 2 is 1.67 bits per heavy atom. The second-order valence-electron chi connectivity index (χ2n) is 1.64. The van der Waals surface area contributed by atoms with Crippen LogP contribution in [-0.4, -0.2) is 32.4 Å². The van der Waals surface area contributed by atoms with Crippen LogP contribution in [0.4, 0.5) is 0 Å². The third-order valence-corrected chi connectivity index (χ3v) is 1.03. The number of aliphatic hydroxyl groups excluding tert-OH is 1. The Morgan fingerprint density at radius 1 is 1.11 bits per heavy atom. The van der Waals surface area contributed by atoms with Crippen LogP contribution >= 0.6 is 0 Å². The quantitative estimate of drug-likeness (QED) is 0.737. The molecule has 0 fully saturated rings. The molecule has 0 unspecified atom stereocenters. The molecule has 0 spiro atoms. The fourth-order valence-corrected chi connectivity index (χ4v) is 0.583. The Balaban J connectivity index is 0.000000640. The Morgan fingerprint density at radius 3 is 2.00 bits per heavy atom. The van der Waals surface area contributed by atoms with Crippen molar-refractivity contribution in [1.82, 2.24) is 0 Å². The van der Waals surface area contributed by atoms with Crippen LogP contribution in [0.25, 0.3) is 0 Å². The number of benzene rings is 1. The minimum atomic E-state index is 0. The van der Waals surface area contributed by atoms with Crippen LogP contribution in [0.2, 0.25) is 0 Å². The minimum absolute atomic E-state index is 0. The first-order valence-electron chi connectivity index (χ1n) is 2.58. The Kier molecular flexibility index (Phi) is 4.99. The van der Waals surface area contributed by atoms with Crippen molar-refractivity contribution < 1.29 is 5.11 Å². The Bertz CT molecular complexity index is 150. The molecule has 0 aliphatic rings. The third kappa shape index (κ3) is 2.96. The van der Waals surface area contributed by atoms with Gasteiger partial charge in [-0.25, -0.2) is 0 Å². The molecule has 0 aliphatic carbocycles. The van der Waals surface area contributed by atoms with Gasteiger partial charge < -0.3 is 5.11 Å². The molecule has 1 nitrogen and oxygen atoms in total. The molecule has 2 heteroatoms. The summed E-state index contributed by atoms with van der Waals surface area (Å²) >= 11 is 0. The molecular formula is C7H10OPb. The second kappa shape index (κ2) is 4.93. The van der Waals surface area contributed by atoms with Gasteiger partial charge in [-0.15, -0.1) is 0 Å². The maximum atomic E-state index is 8.54. The van der Waals surface area contributed by atoms with Gasteiger partial charge in [-0.1, -0.05) is 30.3 Å². The van der Waals surface area contributed by atoms with Crippen molar-refractivity contribution in [2.75, 3.05) is 0 Å². The van der Waals surface area contributed by atoms with Gasteiger partial charge in [0.25, 0.3) is 0 Å². The molecule has 48 valence electrons. The summed E-state index contributed by atoms with van der Waals surface area (Å²) in [6, 6.07) is 9.52. The molecule has 0 heterocycles. The standard InChI is InChI=1S/C7H8O.Pb.2H/c8-6-7-4-2-1-3-5-7;;;/h1-5,8H,6H2;;;. The average molecular weight is 317 g/mol. The number of rotatable bonds is 1. The first-order valence-corrected chi connectivity index (χ1v) is 2.58. The van der Waals surface area contributed by atoms with E-state index >= 15 is 0 Å². The predicted molar refractivity (Wildman–Crippen MR) is 40.9 cm³/mol. The van der Waals surface area contributed by atoms with Crippen LogP contribution in [0.5, 0.6) is 0 Å². The summed E-state index contributed by atoms with van der Waals surface area (Å²) in [5, 5.41) is 8.54. The summed E-state index contributed by atoms with van der Waals surface area (Å²) < 4.78 is 0. The van der Waals surface area contributed by atoms with Gasteiger partial charge in [-0.2, -0.15) is 0 Å². The Hall–Kier alpha value is 0.102. The van der Waals surface area contributed by atoms with Crippen LogP contribution in [-0.2, 0) is 6.61 Å². The van der Waals surface area contributed by atoms with E-state index in [-0.39, 0.29) is 33.9 Å². The summed E-state index contributed by atoms with van der Waals surface area (Å²) in [7, 11) is 0. The van der Waals surface area contributed by atoms with Gasteiger partial charge in [0.1, 0.15) is 0 Å². The van der Waals surface area contributed by atoms with E-state index in [1.165, 1.54) is 0 Å². The summed E-state index contributed by atoms with van der Waals surface area (Å²) in [5.74, 6) is 0. The molecule has 1 aromatic rings. The number of hydrogen-bond acceptors (Lipinski definition) is 1. The number of aliphatic hydroxyl groups is 1. The van der Waals surface area contributed by atoms with Crippen molar-refractivity contribution in [3.05, 3.63) is 35.9 Å². The monoisotopic (exact) mass is 318 g/mol. The van der Waals surface area contributed by atoms with Gasteiger partial charge in [0, 0.05) is 0 Å². The van der Waals surface area contributed by atoms with Crippen molar-refractivity contribution in [3.63, 3.8) is 0 Å². The van der Waals surface area contributed by atoms with Crippen LogP contribution in [0.3, 0.4) is 0 Å². The Labute approximate surface area is 74.9 Å². The first kappa shape index (κ1) is 9.10. The molecular weight excluding hydrogens is 307 g/mol. The van der Waals surface area contributed by atoms with Crippen LogP contribution < -0.4 is 0 Å². The normalized spacial score (nSPS) is 8.11. The topological polar surface area (TPSA) is 20.2 Å². The zero-order valence-corrected chi connectivity index (χ0v) is 10.7. The van der Waals surface area contributed by atoms with E-state index in [1.807, 2.05) is 30.3 Å². The van der Waals surface area contributed by atoms with E-state index < -0.39 is 0 Å². The van der Waals surface area contributed by atoms with Gasteiger partial charge >= 0.3 is 27.3 Å². The number of hydrogen-bond donors (Lipinski definition) is 1. The fraction of sp³-hybridized carbons (Fsp3) is 0.143. The SMILES string of the molecule is OCc1ccccc1.[PbH2]. The van der Waals surface area contributed by atoms with E-state index in [2.05, 4.69) is 0 Å². The van der Waals surface area contributed by atoms with E-state index in [1.54, 1.807) is 0 Å². The van der Waals surface area contributed by atoms with E-state index in [0.717, 1.165) is 5.56 Å². The van der Waals surface area contributed by atoms with Crippen molar-refractivity contribution in [2.24, 2.45) is 0 Å². The molecule has 0 saturated heterocycles. The van der Waals surface area contributed by atoms with E-state index in [9.17, 15) is 0 Å². The molecule has 1 N–H and O–H groups in total.